The molecule has 6 nitrogen and oxygen atoms in total. The molecule has 0 aromatic carbocycles. The van der Waals surface area contributed by atoms with Crippen LogP contribution in [0.3, 0.4) is 0 Å². The van der Waals surface area contributed by atoms with Crippen molar-refractivity contribution in [2.24, 2.45) is 17.6 Å². The molecule has 1 saturated carbocycles. The molecule has 0 bridgehead atoms. The lowest BCUT2D eigenvalue weighted by Gasteiger charge is -2.28. The maximum Gasteiger partial charge on any atom is 0.224 e. The number of nitrogens with one attached hydrogen (secondary N) is 1. The summed E-state index contributed by atoms with van der Waals surface area (Å²) in [6.45, 7) is 3.64. The first-order valence-corrected chi connectivity index (χ1v) is 8.04. The van der Waals surface area contributed by atoms with Crippen molar-refractivity contribution in [2.45, 2.75) is 32.1 Å². The van der Waals surface area contributed by atoms with E-state index in [1.807, 2.05) is 0 Å². The number of amides is 2. The zero-order valence-corrected chi connectivity index (χ0v) is 12.7. The molecule has 2 fully saturated rings. The molecule has 2 unspecified atom stereocenters. The summed E-state index contributed by atoms with van der Waals surface area (Å²) in [6, 6.07) is 0. The van der Waals surface area contributed by atoms with E-state index in [4.69, 9.17) is 10.5 Å². The molecule has 0 radical (unpaired) electrons. The van der Waals surface area contributed by atoms with Crippen molar-refractivity contribution < 1.29 is 14.3 Å². The zero-order chi connectivity index (χ0) is 15.1. The largest absolute Gasteiger partial charge is 0.378 e. The molecule has 2 aliphatic rings. The zero-order valence-electron chi connectivity index (χ0n) is 12.7. The van der Waals surface area contributed by atoms with Gasteiger partial charge < -0.3 is 20.7 Å². The van der Waals surface area contributed by atoms with Crippen molar-refractivity contribution >= 4 is 11.8 Å². The third kappa shape index (κ3) is 4.97. The molecule has 0 aromatic rings. The van der Waals surface area contributed by atoms with Gasteiger partial charge in [0, 0.05) is 32.0 Å². The highest BCUT2D eigenvalue weighted by Crippen LogP contribution is 2.28. The van der Waals surface area contributed by atoms with Crippen molar-refractivity contribution in [3.63, 3.8) is 0 Å². The number of rotatable bonds is 5. The Bertz CT molecular complexity index is 356. The molecular formula is C15H27N3O3. The van der Waals surface area contributed by atoms with Gasteiger partial charge in [-0.3, -0.25) is 9.59 Å². The SMILES string of the molecule is NCC1CCCC(C(=O)NCCC(=O)N2CCOCC2)C1. The molecule has 0 aromatic heterocycles. The summed E-state index contributed by atoms with van der Waals surface area (Å²) < 4.78 is 5.22. The van der Waals surface area contributed by atoms with Crippen LogP contribution in [0, 0.1) is 11.8 Å². The summed E-state index contributed by atoms with van der Waals surface area (Å²) in [5, 5.41) is 2.91. The lowest BCUT2D eigenvalue weighted by atomic mass is 9.81. The number of carbonyl (C=O) groups excluding carboxylic acids is 2. The van der Waals surface area contributed by atoms with E-state index in [1.165, 1.54) is 0 Å². The van der Waals surface area contributed by atoms with Crippen LogP contribution in [-0.4, -0.2) is 56.1 Å². The molecule has 120 valence electrons. The average molecular weight is 297 g/mol. The van der Waals surface area contributed by atoms with Crippen molar-refractivity contribution in [3.8, 4) is 0 Å². The summed E-state index contributed by atoms with van der Waals surface area (Å²) >= 11 is 0. The summed E-state index contributed by atoms with van der Waals surface area (Å²) in [4.78, 5) is 25.9. The molecular weight excluding hydrogens is 270 g/mol. The van der Waals surface area contributed by atoms with E-state index in [0.717, 1.165) is 25.7 Å². The van der Waals surface area contributed by atoms with E-state index in [0.29, 0.717) is 51.7 Å². The van der Waals surface area contributed by atoms with Crippen LogP contribution >= 0.6 is 0 Å². The van der Waals surface area contributed by atoms with Crippen molar-refractivity contribution in [1.82, 2.24) is 10.2 Å². The van der Waals surface area contributed by atoms with E-state index in [-0.39, 0.29) is 17.7 Å². The third-order valence-corrected chi connectivity index (χ3v) is 4.49. The minimum Gasteiger partial charge on any atom is -0.378 e. The standard InChI is InChI=1S/C15H27N3O3/c16-11-12-2-1-3-13(10-12)15(20)17-5-4-14(19)18-6-8-21-9-7-18/h12-13H,1-11,16H2,(H,17,20). The highest BCUT2D eigenvalue weighted by Gasteiger charge is 2.26. The highest BCUT2D eigenvalue weighted by atomic mass is 16.5. The fraction of sp³-hybridized carbons (Fsp3) is 0.867. The lowest BCUT2D eigenvalue weighted by molar-refractivity contribution is -0.135. The molecule has 2 atom stereocenters. The molecule has 1 aliphatic heterocycles. The fourth-order valence-electron chi connectivity index (χ4n) is 3.15. The summed E-state index contributed by atoms with van der Waals surface area (Å²) in [7, 11) is 0. The van der Waals surface area contributed by atoms with Crippen LogP contribution in [0.2, 0.25) is 0 Å². The number of carbonyl (C=O) groups is 2. The van der Waals surface area contributed by atoms with E-state index >= 15 is 0 Å². The van der Waals surface area contributed by atoms with Gasteiger partial charge in [-0.25, -0.2) is 0 Å². The molecule has 3 N–H and O–H groups in total. The minimum absolute atomic E-state index is 0.0748. The molecule has 2 rings (SSSR count). The molecule has 1 saturated heterocycles. The second-order valence-corrected chi connectivity index (χ2v) is 6.00. The van der Waals surface area contributed by atoms with Gasteiger partial charge in [0.2, 0.25) is 11.8 Å². The summed E-state index contributed by atoms with van der Waals surface area (Å²) in [6.07, 6.45) is 4.42. The Morgan fingerprint density at radius 3 is 2.71 bits per heavy atom. The van der Waals surface area contributed by atoms with Crippen LogP contribution < -0.4 is 11.1 Å². The van der Waals surface area contributed by atoms with Crippen molar-refractivity contribution in [1.29, 1.82) is 0 Å². The Morgan fingerprint density at radius 2 is 2.00 bits per heavy atom. The average Bonchev–Trinajstić information content (AvgIpc) is 2.55. The van der Waals surface area contributed by atoms with Gasteiger partial charge in [0.25, 0.3) is 0 Å². The maximum absolute atomic E-state index is 12.1. The van der Waals surface area contributed by atoms with Crippen LogP contribution in [0.15, 0.2) is 0 Å². The van der Waals surface area contributed by atoms with Gasteiger partial charge in [0.05, 0.1) is 13.2 Å². The topological polar surface area (TPSA) is 84.7 Å². The van der Waals surface area contributed by atoms with Gasteiger partial charge in [-0.05, 0) is 31.7 Å². The number of nitrogens with two attached hydrogens (primary N) is 1. The number of hydrogen-bond donors (Lipinski definition) is 2. The Labute approximate surface area is 126 Å². The monoisotopic (exact) mass is 297 g/mol. The number of ether oxygens (including phenoxy) is 1. The predicted molar refractivity (Wildman–Crippen MR) is 79.5 cm³/mol. The molecule has 1 heterocycles. The maximum atomic E-state index is 12.1. The van der Waals surface area contributed by atoms with Crippen LogP contribution in [0.5, 0.6) is 0 Å². The molecule has 0 spiro atoms. The normalized spacial score (nSPS) is 26.4. The van der Waals surface area contributed by atoms with Gasteiger partial charge in [0.1, 0.15) is 0 Å². The van der Waals surface area contributed by atoms with E-state index in [2.05, 4.69) is 5.32 Å². The van der Waals surface area contributed by atoms with E-state index in [9.17, 15) is 9.59 Å². The highest BCUT2D eigenvalue weighted by molar-refractivity contribution is 5.80. The van der Waals surface area contributed by atoms with Crippen LogP contribution in [0.4, 0.5) is 0 Å². The first-order valence-electron chi connectivity index (χ1n) is 8.04. The van der Waals surface area contributed by atoms with Gasteiger partial charge in [-0.2, -0.15) is 0 Å². The second kappa shape index (κ2) is 8.34. The van der Waals surface area contributed by atoms with Crippen molar-refractivity contribution in [2.75, 3.05) is 39.4 Å². The van der Waals surface area contributed by atoms with Gasteiger partial charge in [-0.15, -0.1) is 0 Å². The number of morpholine rings is 1. The van der Waals surface area contributed by atoms with Gasteiger partial charge >= 0.3 is 0 Å². The van der Waals surface area contributed by atoms with E-state index < -0.39 is 0 Å². The molecule has 1 aliphatic carbocycles. The Morgan fingerprint density at radius 1 is 1.24 bits per heavy atom. The van der Waals surface area contributed by atoms with Crippen molar-refractivity contribution in [3.05, 3.63) is 0 Å². The number of hydrogen-bond acceptors (Lipinski definition) is 4. The van der Waals surface area contributed by atoms with Crippen LogP contribution in [0.25, 0.3) is 0 Å². The van der Waals surface area contributed by atoms with Crippen LogP contribution in [-0.2, 0) is 14.3 Å². The van der Waals surface area contributed by atoms with Crippen LogP contribution in [0.1, 0.15) is 32.1 Å². The smallest absolute Gasteiger partial charge is 0.224 e. The number of nitrogens with zero attached hydrogens (tertiary/aromatic N) is 1. The molecule has 2 amide bonds. The Hall–Kier alpha value is -1.14. The van der Waals surface area contributed by atoms with Gasteiger partial charge in [-0.1, -0.05) is 6.42 Å². The first-order chi connectivity index (χ1) is 10.2. The minimum atomic E-state index is 0.0748. The summed E-state index contributed by atoms with van der Waals surface area (Å²) in [5.74, 6) is 0.736. The molecule has 6 heteroatoms. The first kappa shape index (κ1) is 16.2. The Balaban J connectivity index is 1.65. The van der Waals surface area contributed by atoms with E-state index in [1.54, 1.807) is 4.90 Å². The molecule has 21 heavy (non-hydrogen) atoms. The second-order valence-electron chi connectivity index (χ2n) is 6.00. The van der Waals surface area contributed by atoms with Gasteiger partial charge in [0.15, 0.2) is 0 Å². The quantitative estimate of drug-likeness (QED) is 0.754. The fourth-order valence-corrected chi connectivity index (χ4v) is 3.15. The third-order valence-electron chi connectivity index (χ3n) is 4.49. The summed E-state index contributed by atoms with van der Waals surface area (Å²) in [5.41, 5.74) is 5.70. The predicted octanol–water partition coefficient (Wildman–Crippen LogP) is 0.117. The lowest BCUT2D eigenvalue weighted by Crippen LogP contribution is -2.42. The Kier molecular flexibility index (Phi) is 6.45.